The van der Waals surface area contributed by atoms with Crippen molar-refractivity contribution in [3.05, 3.63) is 89.8 Å². The highest BCUT2D eigenvalue weighted by molar-refractivity contribution is 7.22. The number of para-hydroxylation sites is 1. The number of thiazole rings is 1. The fourth-order valence-corrected chi connectivity index (χ4v) is 5.21. The molecule has 182 valence electrons. The summed E-state index contributed by atoms with van der Waals surface area (Å²) in [4.78, 5) is 36.9. The number of carbonyl (C=O) groups excluding carboxylic acids is 2. The third-order valence-corrected chi connectivity index (χ3v) is 7.08. The molecule has 1 unspecified atom stereocenters. The van der Waals surface area contributed by atoms with Crippen LogP contribution in [0, 0.1) is 0 Å². The monoisotopic (exact) mass is 499 g/mol. The SMILES string of the molecule is CCCCCOc1ccc(/C(O)=C2\C(=O)C(=O)N(c3nc4ccccc4s3)C2c2ccccn2)cc1. The van der Waals surface area contributed by atoms with Crippen molar-refractivity contribution in [1.82, 2.24) is 9.97 Å². The van der Waals surface area contributed by atoms with Gasteiger partial charge in [0, 0.05) is 11.8 Å². The van der Waals surface area contributed by atoms with Crippen molar-refractivity contribution >= 4 is 44.1 Å². The zero-order valence-electron chi connectivity index (χ0n) is 19.8. The van der Waals surface area contributed by atoms with Crippen LogP contribution < -0.4 is 9.64 Å². The topological polar surface area (TPSA) is 92.6 Å². The summed E-state index contributed by atoms with van der Waals surface area (Å²) in [6.45, 7) is 2.75. The van der Waals surface area contributed by atoms with Gasteiger partial charge in [0.1, 0.15) is 17.6 Å². The van der Waals surface area contributed by atoms with E-state index in [9.17, 15) is 14.7 Å². The van der Waals surface area contributed by atoms with Gasteiger partial charge in [0.05, 0.1) is 28.1 Å². The Labute approximate surface area is 212 Å². The predicted octanol–water partition coefficient (Wildman–Crippen LogP) is 5.89. The second-order valence-corrected chi connectivity index (χ2v) is 9.48. The highest BCUT2D eigenvalue weighted by atomic mass is 32.1. The second-order valence-electron chi connectivity index (χ2n) is 8.47. The first-order chi connectivity index (χ1) is 17.6. The molecule has 0 spiro atoms. The molecule has 3 heterocycles. The van der Waals surface area contributed by atoms with E-state index in [-0.39, 0.29) is 11.3 Å². The Hall–Kier alpha value is -4.04. The Kier molecular flexibility index (Phi) is 6.77. The fourth-order valence-electron chi connectivity index (χ4n) is 4.22. The summed E-state index contributed by atoms with van der Waals surface area (Å²) < 4.78 is 6.65. The summed E-state index contributed by atoms with van der Waals surface area (Å²) >= 11 is 1.31. The number of fused-ring (bicyclic) bond motifs is 1. The number of aliphatic hydroxyl groups excluding tert-OH is 1. The number of pyridine rings is 1. The van der Waals surface area contributed by atoms with Crippen molar-refractivity contribution in [1.29, 1.82) is 0 Å². The molecule has 1 atom stereocenters. The molecule has 2 aromatic carbocycles. The van der Waals surface area contributed by atoms with Gasteiger partial charge in [-0.15, -0.1) is 0 Å². The second kappa shape index (κ2) is 10.3. The smallest absolute Gasteiger partial charge is 0.301 e. The van der Waals surface area contributed by atoms with Crippen molar-refractivity contribution in [3.63, 3.8) is 0 Å². The van der Waals surface area contributed by atoms with Crippen LogP contribution in [-0.2, 0) is 9.59 Å². The molecule has 1 N–H and O–H groups in total. The summed E-state index contributed by atoms with van der Waals surface area (Å²) in [6.07, 6.45) is 4.78. The van der Waals surface area contributed by atoms with Gasteiger partial charge in [0.2, 0.25) is 0 Å². The number of nitrogens with zero attached hydrogens (tertiary/aromatic N) is 3. The molecule has 4 aromatic rings. The van der Waals surface area contributed by atoms with Gasteiger partial charge < -0.3 is 9.84 Å². The molecule has 8 heteroatoms. The van der Waals surface area contributed by atoms with Crippen LogP contribution in [0.3, 0.4) is 0 Å². The van der Waals surface area contributed by atoms with Gasteiger partial charge in [-0.3, -0.25) is 19.5 Å². The van der Waals surface area contributed by atoms with E-state index in [1.54, 1.807) is 48.7 Å². The minimum Gasteiger partial charge on any atom is -0.507 e. The lowest BCUT2D eigenvalue weighted by Crippen LogP contribution is -2.29. The van der Waals surface area contributed by atoms with Gasteiger partial charge in [0.25, 0.3) is 5.78 Å². The molecule has 2 aromatic heterocycles. The van der Waals surface area contributed by atoms with Crippen LogP contribution in [0.15, 0.2) is 78.5 Å². The van der Waals surface area contributed by atoms with Crippen LogP contribution >= 0.6 is 11.3 Å². The van der Waals surface area contributed by atoms with Crippen molar-refractivity contribution in [2.75, 3.05) is 11.5 Å². The minimum absolute atomic E-state index is 0.0189. The molecular formula is C28H25N3O4S. The number of hydrogen-bond acceptors (Lipinski definition) is 7. The number of rotatable bonds is 8. The molecule has 0 saturated carbocycles. The van der Waals surface area contributed by atoms with Crippen LogP contribution in [0.25, 0.3) is 16.0 Å². The third-order valence-electron chi connectivity index (χ3n) is 6.05. The minimum atomic E-state index is -0.906. The largest absolute Gasteiger partial charge is 0.507 e. The Morgan fingerprint density at radius 2 is 1.81 bits per heavy atom. The molecule has 0 radical (unpaired) electrons. The van der Waals surface area contributed by atoms with Crippen LogP contribution in [0.4, 0.5) is 5.13 Å². The lowest BCUT2D eigenvalue weighted by molar-refractivity contribution is -0.132. The van der Waals surface area contributed by atoms with Crippen LogP contribution in [0.2, 0.25) is 0 Å². The van der Waals surface area contributed by atoms with E-state index >= 15 is 0 Å². The van der Waals surface area contributed by atoms with E-state index in [4.69, 9.17) is 4.74 Å². The molecule has 7 nitrogen and oxygen atoms in total. The number of aliphatic hydroxyl groups is 1. The van der Waals surface area contributed by atoms with Crippen molar-refractivity contribution in [2.45, 2.75) is 32.2 Å². The number of ketones is 1. The maximum absolute atomic E-state index is 13.3. The highest BCUT2D eigenvalue weighted by Gasteiger charge is 2.48. The first-order valence-electron chi connectivity index (χ1n) is 11.9. The average molecular weight is 500 g/mol. The normalized spacial score (nSPS) is 17.1. The van der Waals surface area contributed by atoms with Gasteiger partial charge in [-0.05, 0) is 55.0 Å². The van der Waals surface area contributed by atoms with Gasteiger partial charge >= 0.3 is 5.91 Å². The van der Waals surface area contributed by atoms with Gasteiger partial charge in [-0.2, -0.15) is 0 Å². The van der Waals surface area contributed by atoms with E-state index in [0.717, 1.165) is 29.5 Å². The number of Topliss-reactive ketones (excluding diaryl/α,β-unsaturated/α-hetero) is 1. The number of anilines is 1. The predicted molar refractivity (Wildman–Crippen MR) is 140 cm³/mol. The van der Waals surface area contributed by atoms with Gasteiger partial charge in [0.15, 0.2) is 5.13 Å². The van der Waals surface area contributed by atoms with Crippen molar-refractivity contribution in [2.24, 2.45) is 0 Å². The number of benzene rings is 2. The third kappa shape index (κ3) is 4.47. The summed E-state index contributed by atoms with van der Waals surface area (Å²) in [5, 5.41) is 11.7. The maximum Gasteiger partial charge on any atom is 0.301 e. The zero-order chi connectivity index (χ0) is 25.1. The standard InChI is InChI=1S/C28H25N3O4S/c1-2-3-8-17-35-19-14-12-18(13-15-19)25(32)23-24(21-10-6-7-16-29-21)31(27(34)26(23)33)28-30-20-9-4-5-11-22(20)36-28/h4-7,9-16,24,32H,2-3,8,17H2,1H3/b25-23+. The van der Waals surface area contributed by atoms with Crippen molar-refractivity contribution < 1.29 is 19.4 Å². The number of hydrogen-bond donors (Lipinski definition) is 1. The average Bonchev–Trinajstić information content (AvgIpc) is 3.45. The first-order valence-corrected chi connectivity index (χ1v) is 12.7. The van der Waals surface area contributed by atoms with Gasteiger partial charge in [-0.1, -0.05) is 49.3 Å². The Morgan fingerprint density at radius 3 is 2.53 bits per heavy atom. The number of carbonyl (C=O) groups is 2. The molecule has 0 aliphatic carbocycles. The quantitative estimate of drug-likeness (QED) is 0.141. The molecule has 1 aliphatic heterocycles. The molecule has 1 fully saturated rings. The first kappa shape index (κ1) is 23.7. The Balaban J connectivity index is 1.55. The number of aromatic nitrogens is 2. The van der Waals surface area contributed by atoms with E-state index in [2.05, 4.69) is 16.9 Å². The van der Waals surface area contributed by atoms with E-state index in [1.807, 2.05) is 24.3 Å². The molecule has 5 rings (SSSR count). The lowest BCUT2D eigenvalue weighted by Gasteiger charge is -2.21. The fraction of sp³-hybridized carbons (Fsp3) is 0.214. The summed E-state index contributed by atoms with van der Waals surface area (Å²) in [5.74, 6) is -1.10. The maximum atomic E-state index is 13.3. The summed E-state index contributed by atoms with van der Waals surface area (Å²) in [7, 11) is 0. The van der Waals surface area contributed by atoms with Crippen molar-refractivity contribution in [3.8, 4) is 5.75 Å². The molecular weight excluding hydrogens is 474 g/mol. The number of amides is 1. The van der Waals surface area contributed by atoms with E-state index in [0.29, 0.717) is 28.7 Å². The zero-order valence-corrected chi connectivity index (χ0v) is 20.6. The van der Waals surface area contributed by atoms with Gasteiger partial charge in [-0.25, -0.2) is 4.98 Å². The number of ether oxygens (including phenoxy) is 1. The van der Waals surface area contributed by atoms with Crippen LogP contribution in [0.1, 0.15) is 43.5 Å². The van der Waals surface area contributed by atoms with Crippen LogP contribution in [0.5, 0.6) is 5.75 Å². The van der Waals surface area contributed by atoms with E-state index < -0.39 is 17.7 Å². The van der Waals surface area contributed by atoms with E-state index in [1.165, 1.54) is 16.2 Å². The molecule has 1 saturated heterocycles. The molecule has 0 bridgehead atoms. The molecule has 1 aliphatic rings. The summed E-state index contributed by atoms with van der Waals surface area (Å²) in [6, 6.07) is 18.8. The lowest BCUT2D eigenvalue weighted by atomic mass is 9.98. The Bertz CT molecular complexity index is 1400. The molecule has 1 amide bonds. The summed E-state index contributed by atoms with van der Waals surface area (Å²) in [5.41, 5.74) is 1.59. The number of unbranched alkanes of at least 4 members (excludes halogenated alkanes) is 2. The Morgan fingerprint density at radius 1 is 1.03 bits per heavy atom. The van der Waals surface area contributed by atoms with Crippen LogP contribution in [-0.4, -0.2) is 33.4 Å². The molecule has 36 heavy (non-hydrogen) atoms. The highest BCUT2D eigenvalue weighted by Crippen LogP contribution is 2.43.